The zero-order valence-electron chi connectivity index (χ0n) is 14.4. The van der Waals surface area contributed by atoms with Crippen molar-refractivity contribution in [3.8, 4) is 17.6 Å². The van der Waals surface area contributed by atoms with Crippen molar-refractivity contribution in [1.29, 1.82) is 5.26 Å². The number of carbonyl (C=O) groups excluding carboxylic acids is 1. The van der Waals surface area contributed by atoms with Crippen LogP contribution >= 0.6 is 11.8 Å². The number of hydrogen-bond donors (Lipinski definition) is 2. The summed E-state index contributed by atoms with van der Waals surface area (Å²) in [5.41, 5.74) is 2.52. The predicted octanol–water partition coefficient (Wildman–Crippen LogP) is 2.64. The highest BCUT2D eigenvalue weighted by Gasteiger charge is 2.16. The molecule has 0 bridgehead atoms. The summed E-state index contributed by atoms with van der Waals surface area (Å²) in [7, 11) is 0. The molecule has 0 spiro atoms. The third-order valence-corrected chi connectivity index (χ3v) is 5.00. The van der Waals surface area contributed by atoms with E-state index in [1.54, 1.807) is 18.3 Å². The van der Waals surface area contributed by atoms with Crippen molar-refractivity contribution in [3.05, 3.63) is 35.7 Å². The molecule has 0 saturated carbocycles. The number of nitrogens with zero attached hydrogens (tertiary/aromatic N) is 3. The Bertz CT molecular complexity index is 1070. The number of H-pyrrole nitrogens is 1. The van der Waals surface area contributed by atoms with Crippen molar-refractivity contribution >= 4 is 34.3 Å². The number of nitriles is 1. The van der Waals surface area contributed by atoms with Gasteiger partial charge in [0.2, 0.25) is 5.91 Å². The lowest BCUT2D eigenvalue weighted by Gasteiger charge is -2.18. The molecule has 1 amide bonds. The van der Waals surface area contributed by atoms with E-state index in [1.165, 1.54) is 11.8 Å². The first-order valence-corrected chi connectivity index (χ1v) is 9.20. The van der Waals surface area contributed by atoms with Crippen LogP contribution in [-0.4, -0.2) is 40.1 Å². The molecule has 1 aliphatic heterocycles. The maximum atomic E-state index is 12.2. The van der Waals surface area contributed by atoms with Crippen LogP contribution in [0.15, 0.2) is 29.4 Å². The van der Waals surface area contributed by atoms with E-state index in [0.29, 0.717) is 46.5 Å². The summed E-state index contributed by atoms with van der Waals surface area (Å²) in [5.74, 6) is 1.21. The number of aromatic nitrogens is 3. The average molecular weight is 381 g/mol. The molecule has 2 N–H and O–H groups in total. The number of benzene rings is 1. The maximum absolute atomic E-state index is 12.2. The molecule has 0 atom stereocenters. The topological polar surface area (TPSA) is 113 Å². The number of aryl methyl sites for hydroxylation is 1. The Morgan fingerprint density at radius 3 is 2.81 bits per heavy atom. The van der Waals surface area contributed by atoms with Gasteiger partial charge in [-0.2, -0.15) is 10.4 Å². The third-order valence-electron chi connectivity index (χ3n) is 4.01. The Hall–Kier alpha value is -3.25. The molecular formula is C18H15N5O3S. The molecule has 0 radical (unpaired) electrons. The monoisotopic (exact) mass is 381 g/mol. The molecule has 1 aromatic carbocycles. The number of anilines is 1. The summed E-state index contributed by atoms with van der Waals surface area (Å²) in [6, 6.07) is 7.51. The maximum Gasteiger partial charge on any atom is 0.234 e. The van der Waals surface area contributed by atoms with E-state index < -0.39 is 0 Å². The van der Waals surface area contributed by atoms with Gasteiger partial charge >= 0.3 is 0 Å². The van der Waals surface area contributed by atoms with Gasteiger partial charge in [-0.15, -0.1) is 0 Å². The molecule has 3 aromatic rings. The van der Waals surface area contributed by atoms with E-state index in [9.17, 15) is 10.1 Å². The van der Waals surface area contributed by atoms with E-state index in [-0.39, 0.29) is 11.7 Å². The van der Waals surface area contributed by atoms with Gasteiger partial charge in [0, 0.05) is 11.5 Å². The summed E-state index contributed by atoms with van der Waals surface area (Å²) in [6.07, 6.45) is 1.55. The van der Waals surface area contributed by atoms with E-state index in [4.69, 9.17) is 9.47 Å². The van der Waals surface area contributed by atoms with Crippen LogP contribution in [0.2, 0.25) is 0 Å². The van der Waals surface area contributed by atoms with Crippen molar-refractivity contribution < 1.29 is 14.3 Å². The zero-order valence-corrected chi connectivity index (χ0v) is 15.2. The van der Waals surface area contributed by atoms with Crippen LogP contribution in [0, 0.1) is 18.3 Å². The summed E-state index contributed by atoms with van der Waals surface area (Å²) >= 11 is 1.21. The molecular weight excluding hydrogens is 366 g/mol. The van der Waals surface area contributed by atoms with E-state index >= 15 is 0 Å². The first kappa shape index (κ1) is 17.2. The number of thioether (sulfide) groups is 1. The molecule has 8 nitrogen and oxygen atoms in total. The fraction of sp³-hybridized carbons (Fsp3) is 0.222. The SMILES string of the molecule is Cc1[nH]ncc1NC(=O)CSc1nc2cc3c(cc2cc1C#N)OCCO3. The number of aromatic amines is 1. The molecule has 0 aliphatic carbocycles. The number of hydrogen-bond acceptors (Lipinski definition) is 7. The van der Waals surface area contributed by atoms with Gasteiger partial charge < -0.3 is 14.8 Å². The van der Waals surface area contributed by atoms with Gasteiger partial charge in [-0.25, -0.2) is 4.98 Å². The zero-order chi connectivity index (χ0) is 18.8. The highest BCUT2D eigenvalue weighted by molar-refractivity contribution is 8.00. The largest absolute Gasteiger partial charge is 0.486 e. The van der Waals surface area contributed by atoms with Gasteiger partial charge in [-0.3, -0.25) is 9.89 Å². The molecule has 1 aliphatic rings. The highest BCUT2D eigenvalue weighted by Crippen LogP contribution is 2.35. The minimum Gasteiger partial charge on any atom is -0.486 e. The minimum absolute atomic E-state index is 0.127. The second kappa shape index (κ2) is 7.17. The Kier molecular flexibility index (Phi) is 4.56. The van der Waals surface area contributed by atoms with Crippen LogP contribution in [0.25, 0.3) is 10.9 Å². The van der Waals surface area contributed by atoms with Gasteiger partial charge in [0.1, 0.15) is 24.3 Å². The normalized spacial score (nSPS) is 12.6. The molecule has 3 heterocycles. The van der Waals surface area contributed by atoms with Crippen LogP contribution in [0.4, 0.5) is 5.69 Å². The van der Waals surface area contributed by atoms with Crippen LogP contribution in [-0.2, 0) is 4.79 Å². The van der Waals surface area contributed by atoms with Gasteiger partial charge in [-0.05, 0) is 19.1 Å². The molecule has 0 saturated heterocycles. The van der Waals surface area contributed by atoms with Crippen LogP contribution < -0.4 is 14.8 Å². The molecule has 0 fully saturated rings. The number of ether oxygens (including phenoxy) is 2. The summed E-state index contributed by atoms with van der Waals surface area (Å²) in [6.45, 7) is 2.81. The Morgan fingerprint density at radius 2 is 2.11 bits per heavy atom. The lowest BCUT2D eigenvalue weighted by molar-refractivity contribution is -0.113. The van der Waals surface area contributed by atoms with Gasteiger partial charge in [-0.1, -0.05) is 11.8 Å². The van der Waals surface area contributed by atoms with E-state index in [2.05, 4.69) is 26.6 Å². The van der Waals surface area contributed by atoms with Gasteiger partial charge in [0.05, 0.1) is 34.4 Å². The fourth-order valence-corrected chi connectivity index (χ4v) is 3.44. The van der Waals surface area contributed by atoms with Crippen LogP contribution in [0.5, 0.6) is 11.5 Å². The van der Waals surface area contributed by atoms with Crippen molar-refractivity contribution in [3.63, 3.8) is 0 Å². The summed E-state index contributed by atoms with van der Waals surface area (Å²) < 4.78 is 11.2. The fourth-order valence-electron chi connectivity index (χ4n) is 2.68. The van der Waals surface area contributed by atoms with Crippen molar-refractivity contribution in [1.82, 2.24) is 15.2 Å². The predicted molar refractivity (Wildman–Crippen MR) is 100 cm³/mol. The molecule has 2 aromatic heterocycles. The Morgan fingerprint density at radius 1 is 1.33 bits per heavy atom. The first-order chi connectivity index (χ1) is 13.1. The lowest BCUT2D eigenvalue weighted by atomic mass is 10.1. The number of amides is 1. The summed E-state index contributed by atoms with van der Waals surface area (Å²) in [5, 5.41) is 20.1. The van der Waals surface area contributed by atoms with Crippen molar-refractivity contribution in [2.75, 3.05) is 24.3 Å². The van der Waals surface area contributed by atoms with Crippen LogP contribution in [0.3, 0.4) is 0 Å². The smallest absolute Gasteiger partial charge is 0.234 e. The highest BCUT2D eigenvalue weighted by atomic mass is 32.2. The third kappa shape index (κ3) is 3.52. The van der Waals surface area contributed by atoms with Crippen molar-refractivity contribution in [2.24, 2.45) is 0 Å². The second-order valence-electron chi connectivity index (χ2n) is 5.89. The van der Waals surface area contributed by atoms with E-state index in [0.717, 1.165) is 11.1 Å². The second-order valence-corrected chi connectivity index (χ2v) is 6.85. The quantitative estimate of drug-likeness (QED) is 0.668. The molecule has 27 heavy (non-hydrogen) atoms. The summed E-state index contributed by atoms with van der Waals surface area (Å²) in [4.78, 5) is 16.7. The number of carbonyl (C=O) groups is 1. The molecule has 0 unspecified atom stereocenters. The molecule has 9 heteroatoms. The Labute approximate surface area is 158 Å². The molecule has 4 rings (SSSR count). The Balaban J connectivity index is 1.56. The van der Waals surface area contributed by atoms with Gasteiger partial charge in [0.15, 0.2) is 11.5 Å². The van der Waals surface area contributed by atoms with Crippen LogP contribution in [0.1, 0.15) is 11.3 Å². The standard InChI is InChI=1S/C18H15N5O3S/c1-10-14(8-20-23-10)21-17(24)9-27-18-12(7-19)4-11-5-15-16(6-13(11)22-18)26-3-2-25-15/h4-6,8H,2-3,9H2,1H3,(H,20,23)(H,21,24). The van der Waals surface area contributed by atoms with Gasteiger partial charge in [0.25, 0.3) is 0 Å². The lowest BCUT2D eigenvalue weighted by Crippen LogP contribution is -2.15. The minimum atomic E-state index is -0.197. The average Bonchev–Trinajstić information content (AvgIpc) is 3.08. The number of fused-ring (bicyclic) bond motifs is 2. The molecule has 136 valence electrons. The number of nitrogens with one attached hydrogen (secondary N) is 2. The number of rotatable bonds is 4. The van der Waals surface area contributed by atoms with Crippen molar-refractivity contribution in [2.45, 2.75) is 11.9 Å². The first-order valence-electron chi connectivity index (χ1n) is 8.21. The number of pyridine rings is 1. The van der Waals surface area contributed by atoms with E-state index in [1.807, 2.05) is 13.0 Å².